The molecule has 0 amide bonds. The van der Waals surface area contributed by atoms with E-state index in [1.165, 1.54) is 0 Å². The highest BCUT2D eigenvalue weighted by Gasteiger charge is 2.26. The van der Waals surface area contributed by atoms with Crippen molar-refractivity contribution >= 4 is 7.52 Å². The van der Waals surface area contributed by atoms with Gasteiger partial charge in [0.25, 0.3) is 7.52 Å². The number of hydrogen-bond acceptors (Lipinski definition) is 3. The fourth-order valence-corrected chi connectivity index (χ4v) is 2.77. The lowest BCUT2D eigenvalue weighted by molar-refractivity contribution is 0.0656. The molecule has 1 aliphatic heterocycles. The highest BCUT2D eigenvalue weighted by Crippen LogP contribution is 2.46. The average molecular weight is 253 g/mol. The molecule has 5 heteroatoms. The van der Waals surface area contributed by atoms with Crippen molar-refractivity contribution in [2.75, 3.05) is 39.6 Å². The van der Waals surface area contributed by atoms with E-state index in [9.17, 15) is 4.57 Å². The summed E-state index contributed by atoms with van der Waals surface area (Å²) in [6, 6.07) is 0. The summed E-state index contributed by atoms with van der Waals surface area (Å²) < 4.78 is 24.0. The Kier molecular flexibility index (Phi) is 13.4. The van der Waals surface area contributed by atoms with Gasteiger partial charge < -0.3 is 9.26 Å². The lowest BCUT2D eigenvalue weighted by Crippen LogP contribution is -2.34. The van der Waals surface area contributed by atoms with E-state index < -0.39 is 7.52 Å². The Hall–Kier alpha value is 0.110. The van der Waals surface area contributed by atoms with Crippen molar-refractivity contribution in [2.24, 2.45) is 0 Å². The van der Waals surface area contributed by atoms with Crippen LogP contribution < -0.4 is 0 Å². The van der Waals surface area contributed by atoms with Gasteiger partial charge in [-0.1, -0.05) is 27.7 Å². The lowest BCUT2D eigenvalue weighted by Gasteiger charge is -2.31. The van der Waals surface area contributed by atoms with Gasteiger partial charge in [0.05, 0.1) is 19.8 Å². The predicted octanol–water partition coefficient (Wildman–Crippen LogP) is 3.23. The third-order valence-corrected chi connectivity index (χ3v) is 4.03. The molecule has 1 saturated heterocycles. The van der Waals surface area contributed by atoms with Crippen LogP contribution in [0, 0.1) is 0 Å². The average Bonchev–Trinajstić information content (AvgIpc) is 2.35. The molecule has 1 heterocycles. The molecule has 16 heavy (non-hydrogen) atoms. The quantitative estimate of drug-likeness (QED) is 0.724. The maximum absolute atomic E-state index is 11.8. The Bertz CT molecular complexity index is 182. The molecule has 0 aromatic heterocycles. The van der Waals surface area contributed by atoms with Crippen LogP contribution in [0.5, 0.6) is 0 Å². The largest absolute Gasteiger partial charge is 0.379 e. The van der Waals surface area contributed by atoms with Crippen molar-refractivity contribution < 1.29 is 13.8 Å². The zero-order chi connectivity index (χ0) is 13.0. The van der Waals surface area contributed by atoms with Crippen molar-refractivity contribution in [1.82, 2.24) is 4.67 Å². The van der Waals surface area contributed by atoms with Crippen LogP contribution in [0.4, 0.5) is 0 Å². The normalized spacial score (nSPS) is 19.6. The third kappa shape index (κ3) is 7.39. The zero-order valence-corrected chi connectivity index (χ0v) is 12.5. The standard InChI is InChI=1S/C7H16NO3P.2C2H6/c1-3-11-12(2,9)8-4-6-10-7-5-8;2*1-2/h3-7H2,1-2H3;2*1-2H3. The Labute approximate surface area is 101 Å². The summed E-state index contributed by atoms with van der Waals surface area (Å²) >= 11 is 0. The second-order valence-corrected chi connectivity index (χ2v) is 5.22. The van der Waals surface area contributed by atoms with Crippen LogP contribution in [0.2, 0.25) is 0 Å². The number of hydrogen-bond donors (Lipinski definition) is 0. The maximum Gasteiger partial charge on any atom is 0.269 e. The highest BCUT2D eigenvalue weighted by atomic mass is 31.2. The van der Waals surface area contributed by atoms with Gasteiger partial charge in [0.2, 0.25) is 0 Å². The van der Waals surface area contributed by atoms with Gasteiger partial charge >= 0.3 is 0 Å². The number of ether oxygens (including phenoxy) is 1. The van der Waals surface area contributed by atoms with Crippen molar-refractivity contribution in [3.63, 3.8) is 0 Å². The van der Waals surface area contributed by atoms with Gasteiger partial charge in [-0.15, -0.1) is 0 Å². The maximum atomic E-state index is 11.8. The molecule has 1 atom stereocenters. The van der Waals surface area contributed by atoms with Crippen LogP contribution in [-0.4, -0.2) is 44.2 Å². The van der Waals surface area contributed by atoms with E-state index in [4.69, 9.17) is 9.26 Å². The van der Waals surface area contributed by atoms with Gasteiger partial charge in [0.1, 0.15) is 0 Å². The molecule has 0 saturated carbocycles. The van der Waals surface area contributed by atoms with Gasteiger partial charge in [0, 0.05) is 19.8 Å². The van der Waals surface area contributed by atoms with Gasteiger partial charge in [-0.05, 0) is 6.92 Å². The van der Waals surface area contributed by atoms with Crippen molar-refractivity contribution in [3.05, 3.63) is 0 Å². The second-order valence-electron chi connectivity index (χ2n) is 2.79. The minimum absolute atomic E-state index is 0.505. The summed E-state index contributed by atoms with van der Waals surface area (Å²) in [5.74, 6) is 0. The van der Waals surface area contributed by atoms with Gasteiger partial charge in [0.15, 0.2) is 0 Å². The van der Waals surface area contributed by atoms with Crippen molar-refractivity contribution in [1.29, 1.82) is 0 Å². The summed E-state index contributed by atoms with van der Waals surface area (Å²) in [7, 11) is -2.51. The van der Waals surface area contributed by atoms with E-state index >= 15 is 0 Å². The third-order valence-electron chi connectivity index (χ3n) is 1.87. The molecule has 1 aliphatic rings. The summed E-state index contributed by atoms with van der Waals surface area (Å²) in [6.45, 7) is 14.8. The predicted molar refractivity (Wildman–Crippen MR) is 70.2 cm³/mol. The van der Waals surface area contributed by atoms with E-state index in [2.05, 4.69) is 0 Å². The SMILES string of the molecule is CC.CC.CCOP(C)(=O)N1CCOCC1. The number of rotatable bonds is 3. The Morgan fingerprint density at radius 1 is 1.19 bits per heavy atom. The van der Waals surface area contributed by atoms with Crippen LogP contribution in [0.1, 0.15) is 34.6 Å². The minimum atomic E-state index is -2.51. The first-order chi connectivity index (χ1) is 7.67. The molecule has 0 aromatic rings. The van der Waals surface area contributed by atoms with E-state index in [0.717, 1.165) is 0 Å². The highest BCUT2D eigenvalue weighted by molar-refractivity contribution is 7.55. The molecule has 4 nitrogen and oxygen atoms in total. The summed E-state index contributed by atoms with van der Waals surface area (Å²) in [4.78, 5) is 0. The van der Waals surface area contributed by atoms with E-state index in [1.54, 1.807) is 6.66 Å². The van der Waals surface area contributed by atoms with Gasteiger partial charge in [-0.3, -0.25) is 4.57 Å². The summed E-state index contributed by atoms with van der Waals surface area (Å²) in [6.07, 6.45) is 0. The first kappa shape index (κ1) is 18.5. The molecular weight excluding hydrogens is 225 g/mol. The van der Waals surface area contributed by atoms with Crippen LogP contribution in [0.25, 0.3) is 0 Å². The van der Waals surface area contributed by atoms with E-state index in [0.29, 0.717) is 32.9 Å². The molecule has 0 aliphatic carbocycles. The van der Waals surface area contributed by atoms with Crippen molar-refractivity contribution in [3.8, 4) is 0 Å². The molecule has 0 N–H and O–H groups in total. The van der Waals surface area contributed by atoms with Crippen molar-refractivity contribution in [2.45, 2.75) is 34.6 Å². The summed E-state index contributed by atoms with van der Waals surface area (Å²) in [5.41, 5.74) is 0. The minimum Gasteiger partial charge on any atom is -0.379 e. The fraction of sp³-hybridized carbons (Fsp3) is 1.00. The van der Waals surface area contributed by atoms with Crippen LogP contribution in [0.3, 0.4) is 0 Å². The zero-order valence-electron chi connectivity index (χ0n) is 11.7. The summed E-state index contributed by atoms with van der Waals surface area (Å²) in [5, 5.41) is 0. The topological polar surface area (TPSA) is 38.8 Å². The molecule has 100 valence electrons. The lowest BCUT2D eigenvalue weighted by atomic mass is 10.5. The first-order valence-corrected chi connectivity index (χ1v) is 8.24. The van der Waals surface area contributed by atoms with Gasteiger partial charge in [-0.2, -0.15) is 0 Å². The van der Waals surface area contributed by atoms with Crippen LogP contribution in [-0.2, 0) is 13.8 Å². The fourth-order valence-electron chi connectivity index (χ4n) is 1.24. The second kappa shape index (κ2) is 11.6. The monoisotopic (exact) mass is 253 g/mol. The molecule has 0 bridgehead atoms. The molecule has 0 aromatic carbocycles. The Morgan fingerprint density at radius 3 is 2.00 bits per heavy atom. The molecule has 1 fully saturated rings. The molecule has 1 unspecified atom stereocenters. The first-order valence-electron chi connectivity index (χ1n) is 6.22. The van der Waals surface area contributed by atoms with E-state index in [1.807, 2.05) is 39.3 Å². The molecule has 0 spiro atoms. The number of morpholine rings is 1. The molecule has 1 rings (SSSR count). The molecule has 0 radical (unpaired) electrons. The molecular formula is C11H28NO3P. The van der Waals surface area contributed by atoms with Crippen LogP contribution >= 0.6 is 7.52 Å². The van der Waals surface area contributed by atoms with E-state index in [-0.39, 0.29) is 0 Å². The van der Waals surface area contributed by atoms with Crippen LogP contribution in [0.15, 0.2) is 0 Å². The van der Waals surface area contributed by atoms with Gasteiger partial charge in [-0.25, -0.2) is 4.67 Å². The number of nitrogens with zero attached hydrogens (tertiary/aromatic N) is 1. The smallest absolute Gasteiger partial charge is 0.269 e. The Balaban J connectivity index is 0. The Morgan fingerprint density at radius 2 is 1.62 bits per heavy atom.